The monoisotopic (exact) mass is 429 g/mol. The summed E-state index contributed by atoms with van der Waals surface area (Å²) in [5.41, 5.74) is 0. The smallest absolute Gasteiger partial charge is 0.245 e. The molecule has 2 aliphatic heterocycles. The number of carbonyl (C=O) groups is 1. The van der Waals surface area contributed by atoms with Gasteiger partial charge in [0.2, 0.25) is 5.91 Å². The molecule has 0 aliphatic carbocycles. The Balaban J connectivity index is 1.56. The van der Waals surface area contributed by atoms with Crippen molar-refractivity contribution >= 4 is 29.4 Å². The quantitative estimate of drug-likeness (QED) is 0.163. The van der Waals surface area contributed by atoms with Gasteiger partial charge in [0.1, 0.15) is 0 Å². The fourth-order valence-electron chi connectivity index (χ4n) is 4.36. The molecule has 0 aromatic carbocycles. The maximum atomic E-state index is 11.3. The SMILES string of the molecule is CCCC=CCSCC[C@H]1[C@@H](CCSCCCCC(=O)N(C)O)[C@H]2CC[C@@H]1O2. The lowest BCUT2D eigenvalue weighted by Crippen LogP contribution is -2.28. The molecule has 0 saturated carbocycles. The number of hydroxylamine groups is 2. The Morgan fingerprint density at radius 1 is 1.07 bits per heavy atom. The third-order valence-corrected chi connectivity index (χ3v) is 7.96. The van der Waals surface area contributed by atoms with Crippen molar-refractivity contribution in [2.75, 3.05) is 30.1 Å². The normalized spacial score (nSPS) is 26.4. The van der Waals surface area contributed by atoms with Gasteiger partial charge in [-0.05, 0) is 74.0 Å². The summed E-state index contributed by atoms with van der Waals surface area (Å²) < 4.78 is 6.25. The van der Waals surface area contributed by atoms with Crippen LogP contribution in [-0.4, -0.2) is 58.4 Å². The van der Waals surface area contributed by atoms with Gasteiger partial charge >= 0.3 is 0 Å². The number of thioether (sulfide) groups is 2. The Morgan fingerprint density at radius 2 is 1.75 bits per heavy atom. The molecule has 1 amide bonds. The Bertz CT molecular complexity index is 473. The van der Waals surface area contributed by atoms with Crippen LogP contribution in [0.3, 0.4) is 0 Å². The predicted octanol–water partition coefficient (Wildman–Crippen LogP) is 5.40. The molecule has 0 radical (unpaired) electrons. The lowest BCUT2D eigenvalue weighted by Gasteiger charge is -2.28. The van der Waals surface area contributed by atoms with E-state index < -0.39 is 0 Å². The van der Waals surface area contributed by atoms with E-state index in [2.05, 4.69) is 30.8 Å². The van der Waals surface area contributed by atoms with Crippen LogP contribution in [0, 0.1) is 11.8 Å². The number of carbonyl (C=O) groups excluding carboxylic acids is 1. The number of fused-ring (bicyclic) bond motifs is 2. The van der Waals surface area contributed by atoms with Crippen molar-refractivity contribution < 1.29 is 14.7 Å². The highest BCUT2D eigenvalue weighted by atomic mass is 32.2. The first-order chi connectivity index (χ1) is 13.6. The molecule has 2 rings (SSSR count). The first kappa shape index (κ1) is 24.1. The highest BCUT2D eigenvalue weighted by Gasteiger charge is 2.47. The predicted molar refractivity (Wildman–Crippen MR) is 121 cm³/mol. The van der Waals surface area contributed by atoms with Gasteiger partial charge in [-0.25, -0.2) is 5.06 Å². The lowest BCUT2D eigenvalue weighted by atomic mass is 9.76. The summed E-state index contributed by atoms with van der Waals surface area (Å²) in [5.74, 6) is 6.05. The van der Waals surface area contributed by atoms with E-state index in [1.54, 1.807) is 0 Å². The zero-order valence-electron chi connectivity index (χ0n) is 17.7. The number of hydrogen-bond donors (Lipinski definition) is 1. The molecule has 6 heteroatoms. The number of unbranched alkanes of at least 4 members (excludes halogenated alkanes) is 2. The molecule has 0 unspecified atom stereocenters. The molecule has 0 aromatic heterocycles. The van der Waals surface area contributed by atoms with E-state index in [4.69, 9.17) is 9.94 Å². The second kappa shape index (κ2) is 13.9. The maximum Gasteiger partial charge on any atom is 0.245 e. The van der Waals surface area contributed by atoms with Crippen LogP contribution in [0.2, 0.25) is 0 Å². The molecule has 0 spiro atoms. The summed E-state index contributed by atoms with van der Waals surface area (Å²) in [4.78, 5) is 11.3. The summed E-state index contributed by atoms with van der Waals surface area (Å²) in [5, 5.41) is 9.74. The molecule has 28 heavy (non-hydrogen) atoms. The Kier molecular flexibility index (Phi) is 12.0. The number of hydrogen-bond acceptors (Lipinski definition) is 5. The zero-order chi connectivity index (χ0) is 20.2. The van der Waals surface area contributed by atoms with Crippen molar-refractivity contribution in [3.05, 3.63) is 12.2 Å². The van der Waals surface area contributed by atoms with Crippen molar-refractivity contribution in [2.24, 2.45) is 11.8 Å². The van der Waals surface area contributed by atoms with Gasteiger partial charge < -0.3 is 4.74 Å². The van der Waals surface area contributed by atoms with Gasteiger partial charge in [-0.3, -0.25) is 10.0 Å². The van der Waals surface area contributed by atoms with Gasteiger partial charge in [0, 0.05) is 19.2 Å². The average Bonchev–Trinajstić information content (AvgIpc) is 3.28. The highest BCUT2D eigenvalue weighted by Crippen LogP contribution is 2.47. The van der Waals surface area contributed by atoms with Crippen molar-refractivity contribution in [3.8, 4) is 0 Å². The fraction of sp³-hybridized carbons (Fsp3) is 0.864. The summed E-state index contributed by atoms with van der Waals surface area (Å²) in [6.45, 7) is 2.22. The number of nitrogens with zero attached hydrogens (tertiary/aromatic N) is 1. The zero-order valence-corrected chi connectivity index (χ0v) is 19.3. The summed E-state index contributed by atoms with van der Waals surface area (Å²) in [6, 6.07) is 0. The van der Waals surface area contributed by atoms with E-state index in [-0.39, 0.29) is 5.91 Å². The van der Waals surface area contributed by atoms with Crippen LogP contribution >= 0.6 is 23.5 Å². The molecule has 2 fully saturated rings. The molecule has 1 N–H and O–H groups in total. The van der Waals surface area contributed by atoms with Gasteiger partial charge in [-0.2, -0.15) is 23.5 Å². The lowest BCUT2D eigenvalue weighted by molar-refractivity contribution is -0.159. The van der Waals surface area contributed by atoms with Crippen LogP contribution in [0.5, 0.6) is 0 Å². The molecule has 162 valence electrons. The van der Waals surface area contributed by atoms with Crippen LogP contribution in [0.25, 0.3) is 0 Å². The van der Waals surface area contributed by atoms with E-state index >= 15 is 0 Å². The Hall–Kier alpha value is -0.170. The van der Waals surface area contributed by atoms with Crippen LogP contribution in [0.1, 0.15) is 64.7 Å². The third-order valence-electron chi connectivity index (χ3n) is 5.91. The number of allylic oxidation sites excluding steroid dienone is 1. The largest absolute Gasteiger partial charge is 0.374 e. The van der Waals surface area contributed by atoms with Crippen molar-refractivity contribution in [3.63, 3.8) is 0 Å². The minimum absolute atomic E-state index is 0.189. The van der Waals surface area contributed by atoms with Crippen LogP contribution in [0.4, 0.5) is 0 Å². The molecule has 2 aliphatic rings. The molecule has 2 bridgehead atoms. The van der Waals surface area contributed by atoms with Gasteiger partial charge in [0.15, 0.2) is 0 Å². The third kappa shape index (κ3) is 8.29. The first-order valence-electron chi connectivity index (χ1n) is 11.0. The molecular formula is C22H39NO3S2. The number of ether oxygens (including phenoxy) is 1. The van der Waals surface area contributed by atoms with E-state index in [9.17, 15) is 4.79 Å². The van der Waals surface area contributed by atoms with Gasteiger partial charge in [0.25, 0.3) is 0 Å². The van der Waals surface area contributed by atoms with E-state index in [1.165, 1.54) is 57.1 Å². The van der Waals surface area contributed by atoms with Crippen molar-refractivity contribution in [1.82, 2.24) is 5.06 Å². The van der Waals surface area contributed by atoms with Crippen molar-refractivity contribution in [1.29, 1.82) is 0 Å². The standard InChI is InChI=1S/C22H39NO3S2/c1-3-4-5-7-14-27-16-12-18-19(21-11-10-20(18)26-21)13-17-28-15-8-6-9-22(24)23(2)25/h5,7,18-21,25H,3-4,6,8-17H2,1-2H3/t18-,19+,20-,21+/m0/s1. The number of amides is 1. The molecule has 4 atom stereocenters. The van der Waals surface area contributed by atoms with E-state index in [0.717, 1.165) is 36.2 Å². The minimum atomic E-state index is -0.189. The van der Waals surface area contributed by atoms with E-state index in [0.29, 0.717) is 23.7 Å². The average molecular weight is 430 g/mol. The second-order valence-electron chi connectivity index (χ2n) is 8.02. The first-order valence-corrected chi connectivity index (χ1v) is 13.4. The van der Waals surface area contributed by atoms with Gasteiger partial charge in [-0.15, -0.1) is 0 Å². The second-order valence-corrected chi connectivity index (χ2v) is 10.4. The van der Waals surface area contributed by atoms with Crippen molar-refractivity contribution in [2.45, 2.75) is 76.9 Å². The highest BCUT2D eigenvalue weighted by molar-refractivity contribution is 7.99. The maximum absolute atomic E-state index is 11.3. The Labute approximate surface area is 180 Å². The molecular weight excluding hydrogens is 390 g/mol. The molecule has 2 heterocycles. The summed E-state index contributed by atoms with van der Waals surface area (Å²) in [6.07, 6.45) is 15.6. The number of rotatable bonds is 15. The Morgan fingerprint density at radius 3 is 2.39 bits per heavy atom. The van der Waals surface area contributed by atoms with Crippen LogP contribution < -0.4 is 0 Å². The fourth-order valence-corrected chi connectivity index (χ4v) is 6.29. The topological polar surface area (TPSA) is 49.8 Å². The van der Waals surface area contributed by atoms with E-state index in [1.807, 2.05) is 11.8 Å². The van der Waals surface area contributed by atoms with Gasteiger partial charge in [-0.1, -0.05) is 25.5 Å². The summed E-state index contributed by atoms with van der Waals surface area (Å²) >= 11 is 4.08. The molecule has 4 nitrogen and oxygen atoms in total. The van der Waals surface area contributed by atoms with Crippen LogP contribution in [-0.2, 0) is 9.53 Å². The summed E-state index contributed by atoms with van der Waals surface area (Å²) in [7, 11) is 1.40. The minimum Gasteiger partial charge on any atom is -0.374 e. The van der Waals surface area contributed by atoms with Gasteiger partial charge in [0.05, 0.1) is 12.2 Å². The van der Waals surface area contributed by atoms with Crippen LogP contribution in [0.15, 0.2) is 12.2 Å². The molecule has 2 saturated heterocycles. The molecule has 0 aromatic rings.